The summed E-state index contributed by atoms with van der Waals surface area (Å²) in [5, 5.41) is 7.79. The second-order valence-corrected chi connectivity index (χ2v) is 8.97. The van der Waals surface area contributed by atoms with E-state index in [9.17, 15) is 9.59 Å². The molecule has 2 aromatic carbocycles. The number of fused-ring (bicyclic) bond motifs is 1. The second-order valence-electron chi connectivity index (χ2n) is 8.97. The van der Waals surface area contributed by atoms with Crippen LogP contribution < -0.4 is 5.32 Å². The third kappa shape index (κ3) is 5.79. The molecular weight excluding hydrogens is 452 g/mol. The SMILES string of the molecule is CCOC(=O)C[C@@H](NC(=O)CCc1c(C)nc2cc(-c3ccccc3)nn2c1C)c1ccc(C)cc1. The van der Waals surface area contributed by atoms with Crippen LogP contribution in [0.25, 0.3) is 16.9 Å². The molecule has 0 unspecified atom stereocenters. The lowest BCUT2D eigenvalue weighted by atomic mass is 10.0. The van der Waals surface area contributed by atoms with Crippen LogP contribution in [0.3, 0.4) is 0 Å². The highest BCUT2D eigenvalue weighted by atomic mass is 16.5. The van der Waals surface area contributed by atoms with E-state index in [2.05, 4.69) is 5.32 Å². The van der Waals surface area contributed by atoms with E-state index in [1.54, 1.807) is 6.92 Å². The molecule has 7 heteroatoms. The van der Waals surface area contributed by atoms with Crippen molar-refractivity contribution in [3.8, 4) is 11.3 Å². The van der Waals surface area contributed by atoms with Gasteiger partial charge in [0.2, 0.25) is 5.91 Å². The zero-order valence-electron chi connectivity index (χ0n) is 21.2. The normalized spacial score (nSPS) is 11.9. The fourth-order valence-electron chi connectivity index (χ4n) is 4.38. The van der Waals surface area contributed by atoms with E-state index in [-0.39, 0.29) is 24.7 Å². The van der Waals surface area contributed by atoms with Gasteiger partial charge in [-0.1, -0.05) is 60.2 Å². The summed E-state index contributed by atoms with van der Waals surface area (Å²) >= 11 is 0. The summed E-state index contributed by atoms with van der Waals surface area (Å²) < 4.78 is 6.97. The average Bonchev–Trinajstić information content (AvgIpc) is 3.29. The average molecular weight is 485 g/mol. The first kappa shape index (κ1) is 25.1. The molecule has 0 spiro atoms. The van der Waals surface area contributed by atoms with Crippen LogP contribution in [-0.4, -0.2) is 33.1 Å². The number of esters is 1. The molecule has 1 N–H and O–H groups in total. The molecule has 0 saturated heterocycles. The zero-order chi connectivity index (χ0) is 25.7. The Morgan fingerprint density at radius 1 is 1.03 bits per heavy atom. The molecule has 0 aliphatic heterocycles. The second kappa shape index (κ2) is 11.2. The van der Waals surface area contributed by atoms with Gasteiger partial charge in [-0.3, -0.25) is 9.59 Å². The predicted octanol–water partition coefficient (Wildman–Crippen LogP) is 5.06. The monoisotopic (exact) mass is 484 g/mol. The fourth-order valence-corrected chi connectivity index (χ4v) is 4.38. The first-order valence-corrected chi connectivity index (χ1v) is 12.3. The Morgan fingerprint density at radius 2 is 1.75 bits per heavy atom. The Bertz CT molecular complexity index is 1360. The molecule has 0 saturated carbocycles. The lowest BCUT2D eigenvalue weighted by molar-refractivity contribution is -0.143. The number of aryl methyl sites for hydroxylation is 3. The van der Waals surface area contributed by atoms with Crippen molar-refractivity contribution in [1.82, 2.24) is 19.9 Å². The van der Waals surface area contributed by atoms with Gasteiger partial charge in [0.25, 0.3) is 0 Å². The number of amides is 1. The number of carbonyl (C=O) groups excluding carboxylic acids is 2. The number of hydrogen-bond donors (Lipinski definition) is 1. The fraction of sp³-hybridized carbons (Fsp3) is 0.310. The number of rotatable bonds is 9. The van der Waals surface area contributed by atoms with Gasteiger partial charge in [-0.25, -0.2) is 9.50 Å². The Hall–Kier alpha value is -4.00. The number of carbonyl (C=O) groups is 2. The quantitative estimate of drug-likeness (QED) is 0.336. The van der Waals surface area contributed by atoms with Crippen LogP contribution in [0.4, 0.5) is 0 Å². The number of nitrogens with one attached hydrogen (secondary N) is 1. The summed E-state index contributed by atoms with van der Waals surface area (Å²) in [5.41, 5.74) is 7.52. The third-order valence-corrected chi connectivity index (χ3v) is 6.33. The van der Waals surface area contributed by atoms with Crippen LogP contribution in [0.5, 0.6) is 0 Å². The molecule has 2 heterocycles. The molecule has 0 radical (unpaired) electrons. The maximum absolute atomic E-state index is 13.0. The summed E-state index contributed by atoms with van der Waals surface area (Å²) in [7, 11) is 0. The van der Waals surface area contributed by atoms with Crippen molar-refractivity contribution in [2.24, 2.45) is 0 Å². The number of ether oxygens (including phenoxy) is 1. The number of aromatic nitrogens is 3. The summed E-state index contributed by atoms with van der Waals surface area (Å²) in [6, 6.07) is 19.4. The van der Waals surface area contributed by atoms with E-state index < -0.39 is 6.04 Å². The molecule has 7 nitrogen and oxygen atoms in total. The van der Waals surface area contributed by atoms with Crippen LogP contribution in [0.15, 0.2) is 60.7 Å². The molecule has 1 atom stereocenters. The van der Waals surface area contributed by atoms with E-state index in [4.69, 9.17) is 14.8 Å². The number of benzene rings is 2. The Morgan fingerprint density at radius 3 is 2.44 bits per heavy atom. The van der Waals surface area contributed by atoms with Gasteiger partial charge in [-0.15, -0.1) is 0 Å². The maximum atomic E-state index is 13.0. The third-order valence-electron chi connectivity index (χ3n) is 6.33. The van der Waals surface area contributed by atoms with Gasteiger partial charge in [0.1, 0.15) is 0 Å². The highest BCUT2D eigenvalue weighted by molar-refractivity contribution is 5.78. The number of nitrogens with zero attached hydrogens (tertiary/aromatic N) is 3. The van der Waals surface area contributed by atoms with Crippen molar-refractivity contribution >= 4 is 17.5 Å². The van der Waals surface area contributed by atoms with Gasteiger partial charge >= 0.3 is 5.97 Å². The minimum Gasteiger partial charge on any atom is -0.466 e. The summed E-state index contributed by atoms with van der Waals surface area (Å²) in [5.74, 6) is -0.466. The van der Waals surface area contributed by atoms with E-state index in [1.807, 2.05) is 86.0 Å². The lowest BCUT2D eigenvalue weighted by Gasteiger charge is -2.19. The molecule has 4 rings (SSSR count). The number of hydrogen-bond acceptors (Lipinski definition) is 5. The van der Waals surface area contributed by atoms with Gasteiger partial charge in [0.15, 0.2) is 5.65 Å². The first-order valence-electron chi connectivity index (χ1n) is 12.3. The molecule has 2 aromatic heterocycles. The molecule has 1 amide bonds. The minimum absolute atomic E-state index is 0.0871. The standard InChI is InChI=1S/C29H32N4O3/c1-5-36-29(35)18-25(23-13-11-19(2)12-14-23)31-28(34)16-15-24-20(3)30-27-17-26(32-33(27)21(24)4)22-9-7-6-8-10-22/h6-14,17,25H,5,15-16,18H2,1-4H3,(H,31,34)/t25-/m1/s1. The first-order chi connectivity index (χ1) is 17.4. The summed E-state index contributed by atoms with van der Waals surface area (Å²) in [6.45, 7) is 8.05. The topological polar surface area (TPSA) is 85.6 Å². The van der Waals surface area contributed by atoms with E-state index in [0.29, 0.717) is 13.0 Å². The van der Waals surface area contributed by atoms with Crippen molar-refractivity contribution < 1.29 is 14.3 Å². The van der Waals surface area contributed by atoms with Crippen LogP contribution in [0, 0.1) is 20.8 Å². The summed E-state index contributed by atoms with van der Waals surface area (Å²) in [4.78, 5) is 29.9. The van der Waals surface area contributed by atoms with Crippen LogP contribution in [0.1, 0.15) is 53.9 Å². The molecule has 4 aromatic rings. The molecule has 186 valence electrons. The Balaban J connectivity index is 1.50. The van der Waals surface area contributed by atoms with Crippen LogP contribution in [-0.2, 0) is 20.7 Å². The van der Waals surface area contributed by atoms with E-state index >= 15 is 0 Å². The van der Waals surface area contributed by atoms with Gasteiger partial charge in [0.05, 0.1) is 24.8 Å². The molecule has 0 fully saturated rings. The molecule has 0 aliphatic carbocycles. The van der Waals surface area contributed by atoms with Crippen molar-refractivity contribution in [3.05, 3.63) is 88.7 Å². The highest BCUT2D eigenvalue weighted by Crippen LogP contribution is 2.23. The van der Waals surface area contributed by atoms with E-state index in [0.717, 1.165) is 45.0 Å². The van der Waals surface area contributed by atoms with Crippen LogP contribution in [0.2, 0.25) is 0 Å². The zero-order valence-corrected chi connectivity index (χ0v) is 21.2. The predicted molar refractivity (Wildman–Crippen MR) is 140 cm³/mol. The Labute approximate surface area is 211 Å². The van der Waals surface area contributed by atoms with Crippen LogP contribution >= 0.6 is 0 Å². The van der Waals surface area contributed by atoms with Gasteiger partial charge in [-0.2, -0.15) is 5.10 Å². The van der Waals surface area contributed by atoms with Crippen molar-refractivity contribution in [2.75, 3.05) is 6.61 Å². The Kier molecular flexibility index (Phi) is 7.78. The lowest BCUT2D eigenvalue weighted by Crippen LogP contribution is -2.31. The van der Waals surface area contributed by atoms with E-state index in [1.165, 1.54) is 0 Å². The summed E-state index contributed by atoms with van der Waals surface area (Å²) in [6.07, 6.45) is 0.879. The molecule has 0 bridgehead atoms. The van der Waals surface area contributed by atoms with Gasteiger partial charge < -0.3 is 10.1 Å². The van der Waals surface area contributed by atoms with Crippen molar-refractivity contribution in [2.45, 2.75) is 53.0 Å². The van der Waals surface area contributed by atoms with Crippen molar-refractivity contribution in [1.29, 1.82) is 0 Å². The highest BCUT2D eigenvalue weighted by Gasteiger charge is 2.20. The molecular formula is C29H32N4O3. The largest absolute Gasteiger partial charge is 0.466 e. The minimum atomic E-state index is -0.445. The molecule has 0 aliphatic rings. The van der Waals surface area contributed by atoms with Crippen molar-refractivity contribution in [3.63, 3.8) is 0 Å². The smallest absolute Gasteiger partial charge is 0.308 e. The van der Waals surface area contributed by atoms with Gasteiger partial charge in [-0.05, 0) is 45.2 Å². The maximum Gasteiger partial charge on any atom is 0.308 e. The molecule has 36 heavy (non-hydrogen) atoms. The van der Waals surface area contributed by atoms with Gasteiger partial charge in [0, 0.05) is 29.4 Å².